The molecule has 1 N–H and O–H groups in total. The summed E-state index contributed by atoms with van der Waals surface area (Å²) in [5, 5.41) is 4.39. The number of nitrogens with one attached hydrogen (secondary N) is 1. The van der Waals surface area contributed by atoms with Crippen molar-refractivity contribution >= 4 is 29.3 Å². The molecule has 1 unspecified atom stereocenters. The summed E-state index contributed by atoms with van der Waals surface area (Å²) in [6, 6.07) is 7.74. The quantitative estimate of drug-likeness (QED) is 0.827. The Bertz CT molecular complexity index is 614. The number of thioether (sulfide) groups is 1. The van der Waals surface area contributed by atoms with Gasteiger partial charge in [-0.2, -0.15) is 0 Å². The van der Waals surface area contributed by atoms with E-state index in [-0.39, 0.29) is 11.9 Å². The predicted molar refractivity (Wildman–Crippen MR) is 87.2 cm³/mol. The first kappa shape index (κ1) is 15.9. The second-order valence-corrected chi connectivity index (χ2v) is 6.10. The van der Waals surface area contributed by atoms with Crippen molar-refractivity contribution in [1.29, 1.82) is 0 Å². The predicted octanol–water partition coefficient (Wildman–Crippen LogP) is 3.53. The summed E-state index contributed by atoms with van der Waals surface area (Å²) < 4.78 is 1.92. The molecule has 2 aromatic rings. The lowest BCUT2D eigenvalue weighted by Gasteiger charge is -2.11. The summed E-state index contributed by atoms with van der Waals surface area (Å²) in [4.78, 5) is 16.1. The Morgan fingerprint density at radius 1 is 1.52 bits per heavy atom. The Balaban J connectivity index is 2.03. The lowest BCUT2D eigenvalue weighted by molar-refractivity contribution is -0.119. The third-order valence-electron chi connectivity index (χ3n) is 3.05. The fourth-order valence-electron chi connectivity index (χ4n) is 1.77. The maximum atomic E-state index is 11.8. The highest BCUT2D eigenvalue weighted by Gasteiger charge is 2.10. The Labute approximate surface area is 133 Å². The number of rotatable bonds is 6. The number of carbonyl (C=O) groups is 1. The zero-order valence-electron chi connectivity index (χ0n) is 12.0. The first-order chi connectivity index (χ1) is 10.1. The van der Waals surface area contributed by atoms with E-state index in [0.717, 1.165) is 17.3 Å². The standard InChI is InChI=1S/C15H18ClN3OS/c1-3-11(2)18-14(20)10-21-15-17-7-8-19(15)13-6-4-5-12(16)9-13/h4-9,11H,3,10H2,1-2H3,(H,18,20). The molecule has 0 saturated heterocycles. The minimum atomic E-state index is 0.0231. The lowest BCUT2D eigenvalue weighted by atomic mass is 10.3. The van der Waals surface area contributed by atoms with Gasteiger partial charge in [0.15, 0.2) is 5.16 Å². The van der Waals surface area contributed by atoms with Gasteiger partial charge < -0.3 is 5.32 Å². The molecule has 0 saturated carbocycles. The van der Waals surface area contributed by atoms with Crippen molar-refractivity contribution in [3.05, 3.63) is 41.7 Å². The van der Waals surface area contributed by atoms with Gasteiger partial charge in [0.05, 0.1) is 5.75 Å². The number of hydrogen-bond donors (Lipinski definition) is 1. The van der Waals surface area contributed by atoms with Crippen LogP contribution in [0.5, 0.6) is 0 Å². The molecule has 0 aliphatic carbocycles. The third-order valence-corrected chi connectivity index (χ3v) is 4.25. The summed E-state index contributed by atoms with van der Waals surface area (Å²) in [6.07, 6.45) is 4.50. The molecule has 0 aliphatic heterocycles. The fraction of sp³-hybridized carbons (Fsp3) is 0.333. The van der Waals surface area contributed by atoms with Crippen molar-refractivity contribution < 1.29 is 4.79 Å². The molecule has 0 radical (unpaired) electrons. The summed E-state index contributed by atoms with van der Waals surface area (Å²) in [7, 11) is 0. The summed E-state index contributed by atoms with van der Waals surface area (Å²) in [6.45, 7) is 4.04. The van der Waals surface area contributed by atoms with Crippen LogP contribution in [0, 0.1) is 0 Å². The average molecular weight is 324 g/mol. The smallest absolute Gasteiger partial charge is 0.230 e. The largest absolute Gasteiger partial charge is 0.353 e. The average Bonchev–Trinajstić information content (AvgIpc) is 2.93. The minimum Gasteiger partial charge on any atom is -0.353 e. The van der Waals surface area contributed by atoms with Crippen LogP contribution >= 0.6 is 23.4 Å². The number of hydrogen-bond acceptors (Lipinski definition) is 3. The minimum absolute atomic E-state index is 0.0231. The number of amides is 1. The molecular weight excluding hydrogens is 306 g/mol. The number of aromatic nitrogens is 2. The van der Waals surface area contributed by atoms with E-state index < -0.39 is 0 Å². The molecule has 1 aromatic carbocycles. The van der Waals surface area contributed by atoms with Crippen LogP contribution in [0.4, 0.5) is 0 Å². The van der Waals surface area contributed by atoms with E-state index in [1.807, 2.05) is 48.9 Å². The van der Waals surface area contributed by atoms with Gasteiger partial charge in [-0.05, 0) is 31.5 Å². The van der Waals surface area contributed by atoms with Crippen LogP contribution in [0.25, 0.3) is 5.69 Å². The van der Waals surface area contributed by atoms with Crippen LogP contribution in [0.2, 0.25) is 5.02 Å². The Kier molecular flexibility index (Phi) is 5.70. The van der Waals surface area contributed by atoms with Crippen LogP contribution in [0.15, 0.2) is 41.8 Å². The highest BCUT2D eigenvalue weighted by atomic mass is 35.5. The number of nitrogens with zero attached hydrogens (tertiary/aromatic N) is 2. The highest BCUT2D eigenvalue weighted by molar-refractivity contribution is 7.99. The van der Waals surface area contributed by atoms with Gasteiger partial charge in [0.1, 0.15) is 0 Å². The topological polar surface area (TPSA) is 46.9 Å². The van der Waals surface area contributed by atoms with Gasteiger partial charge in [0.25, 0.3) is 0 Å². The van der Waals surface area contributed by atoms with E-state index in [1.54, 1.807) is 6.20 Å². The number of carbonyl (C=O) groups excluding carboxylic acids is 1. The number of imidazole rings is 1. The van der Waals surface area contributed by atoms with Crippen LogP contribution in [-0.2, 0) is 4.79 Å². The molecule has 0 bridgehead atoms. The van der Waals surface area contributed by atoms with E-state index in [0.29, 0.717) is 10.8 Å². The summed E-state index contributed by atoms with van der Waals surface area (Å²) in [5.41, 5.74) is 0.935. The zero-order chi connectivity index (χ0) is 15.2. The molecule has 6 heteroatoms. The molecule has 1 heterocycles. The van der Waals surface area contributed by atoms with Crippen LogP contribution in [0.1, 0.15) is 20.3 Å². The van der Waals surface area contributed by atoms with E-state index in [2.05, 4.69) is 10.3 Å². The van der Waals surface area contributed by atoms with Gasteiger partial charge in [-0.3, -0.25) is 9.36 Å². The molecule has 2 rings (SSSR count). The normalized spacial score (nSPS) is 12.1. The highest BCUT2D eigenvalue weighted by Crippen LogP contribution is 2.22. The van der Waals surface area contributed by atoms with Crippen LogP contribution in [0.3, 0.4) is 0 Å². The van der Waals surface area contributed by atoms with Gasteiger partial charge in [-0.15, -0.1) is 0 Å². The number of benzene rings is 1. The van der Waals surface area contributed by atoms with Gasteiger partial charge in [0, 0.05) is 29.1 Å². The fourth-order valence-corrected chi connectivity index (χ4v) is 2.74. The van der Waals surface area contributed by atoms with Crippen molar-refractivity contribution in [1.82, 2.24) is 14.9 Å². The van der Waals surface area contributed by atoms with Crippen molar-refractivity contribution in [3.63, 3.8) is 0 Å². The third kappa shape index (κ3) is 4.51. The second kappa shape index (κ2) is 7.52. The van der Waals surface area contributed by atoms with Crippen LogP contribution < -0.4 is 5.32 Å². The Hall–Kier alpha value is -1.46. The molecule has 0 aliphatic rings. The van der Waals surface area contributed by atoms with Crippen molar-refractivity contribution in [2.24, 2.45) is 0 Å². The first-order valence-corrected chi connectivity index (χ1v) is 8.18. The van der Waals surface area contributed by atoms with E-state index in [4.69, 9.17) is 11.6 Å². The van der Waals surface area contributed by atoms with E-state index >= 15 is 0 Å². The molecule has 112 valence electrons. The maximum Gasteiger partial charge on any atom is 0.230 e. The molecule has 0 spiro atoms. The molecule has 1 amide bonds. The second-order valence-electron chi connectivity index (χ2n) is 4.73. The van der Waals surface area contributed by atoms with Crippen molar-refractivity contribution in [2.75, 3.05) is 5.75 Å². The van der Waals surface area contributed by atoms with Gasteiger partial charge in [0.2, 0.25) is 5.91 Å². The van der Waals surface area contributed by atoms with E-state index in [1.165, 1.54) is 11.8 Å². The lowest BCUT2D eigenvalue weighted by Crippen LogP contribution is -2.33. The summed E-state index contributed by atoms with van der Waals surface area (Å²) >= 11 is 7.42. The Morgan fingerprint density at radius 2 is 2.33 bits per heavy atom. The monoisotopic (exact) mass is 323 g/mol. The van der Waals surface area contributed by atoms with E-state index in [9.17, 15) is 4.79 Å². The van der Waals surface area contributed by atoms with Gasteiger partial charge >= 0.3 is 0 Å². The van der Waals surface area contributed by atoms with Crippen molar-refractivity contribution in [2.45, 2.75) is 31.5 Å². The SMILES string of the molecule is CCC(C)NC(=O)CSc1nccn1-c1cccc(Cl)c1. The summed E-state index contributed by atoms with van der Waals surface area (Å²) in [5.74, 6) is 0.372. The molecule has 0 fully saturated rings. The molecular formula is C15H18ClN3OS. The maximum absolute atomic E-state index is 11.8. The molecule has 4 nitrogen and oxygen atoms in total. The first-order valence-electron chi connectivity index (χ1n) is 6.81. The molecule has 1 atom stereocenters. The zero-order valence-corrected chi connectivity index (χ0v) is 13.6. The molecule has 1 aromatic heterocycles. The Morgan fingerprint density at radius 3 is 3.05 bits per heavy atom. The number of halogens is 1. The molecule has 21 heavy (non-hydrogen) atoms. The van der Waals surface area contributed by atoms with Gasteiger partial charge in [-0.25, -0.2) is 4.98 Å². The van der Waals surface area contributed by atoms with Crippen molar-refractivity contribution in [3.8, 4) is 5.69 Å². The van der Waals surface area contributed by atoms with Crippen LogP contribution in [-0.4, -0.2) is 27.3 Å². The van der Waals surface area contributed by atoms with Gasteiger partial charge in [-0.1, -0.05) is 36.4 Å².